The largest absolute Gasteiger partial charge is 0.395 e. The summed E-state index contributed by atoms with van der Waals surface area (Å²) in [7, 11) is 1.63. The molecule has 0 spiro atoms. The zero-order chi connectivity index (χ0) is 9.84. The van der Waals surface area contributed by atoms with Gasteiger partial charge in [-0.1, -0.05) is 0 Å². The van der Waals surface area contributed by atoms with Gasteiger partial charge in [0.05, 0.1) is 18.6 Å². The number of pyridine rings is 1. The molecule has 0 aromatic carbocycles. The Bertz CT molecular complexity index is 389. The molecule has 0 fully saturated rings. The average molecular weight is 178 g/mol. The smallest absolute Gasteiger partial charge is 0.250 e. The summed E-state index contributed by atoms with van der Waals surface area (Å²) in [6.07, 6.45) is 1.58. The van der Waals surface area contributed by atoms with E-state index in [4.69, 9.17) is 10.4 Å². The van der Waals surface area contributed by atoms with Gasteiger partial charge in [-0.15, -0.1) is 0 Å². The SMILES string of the molecule is Cn1ccc(C(C#N)CO)cc1=O. The van der Waals surface area contributed by atoms with Crippen LogP contribution in [0.25, 0.3) is 0 Å². The fraction of sp³-hybridized carbons (Fsp3) is 0.333. The molecule has 4 heteroatoms. The predicted molar refractivity (Wildman–Crippen MR) is 47.1 cm³/mol. The van der Waals surface area contributed by atoms with Gasteiger partial charge in [-0.25, -0.2) is 0 Å². The summed E-state index contributed by atoms with van der Waals surface area (Å²) in [5, 5.41) is 17.4. The van der Waals surface area contributed by atoms with Crippen LogP contribution in [-0.2, 0) is 7.05 Å². The molecule has 1 rings (SSSR count). The molecule has 1 aromatic rings. The van der Waals surface area contributed by atoms with Crippen LogP contribution in [0, 0.1) is 11.3 Å². The average Bonchev–Trinajstić information content (AvgIpc) is 2.13. The van der Waals surface area contributed by atoms with Gasteiger partial charge in [0.2, 0.25) is 0 Å². The highest BCUT2D eigenvalue weighted by Gasteiger charge is 2.09. The Morgan fingerprint density at radius 2 is 2.46 bits per heavy atom. The van der Waals surface area contributed by atoms with Crippen LogP contribution in [0.15, 0.2) is 23.1 Å². The first kappa shape index (κ1) is 9.49. The van der Waals surface area contributed by atoms with Gasteiger partial charge in [0.15, 0.2) is 0 Å². The Morgan fingerprint density at radius 1 is 1.77 bits per heavy atom. The van der Waals surface area contributed by atoms with Gasteiger partial charge in [0, 0.05) is 19.3 Å². The second kappa shape index (κ2) is 3.87. The molecular formula is C9H10N2O2. The van der Waals surface area contributed by atoms with Crippen molar-refractivity contribution in [1.82, 2.24) is 4.57 Å². The van der Waals surface area contributed by atoms with Crippen molar-refractivity contribution in [2.45, 2.75) is 5.92 Å². The zero-order valence-corrected chi connectivity index (χ0v) is 7.27. The van der Waals surface area contributed by atoms with Gasteiger partial charge in [-0.05, 0) is 11.6 Å². The van der Waals surface area contributed by atoms with E-state index in [0.29, 0.717) is 5.56 Å². The third kappa shape index (κ3) is 1.95. The summed E-state index contributed by atoms with van der Waals surface area (Å²) >= 11 is 0. The Labute approximate surface area is 75.7 Å². The van der Waals surface area contributed by atoms with Crippen LogP contribution in [0.5, 0.6) is 0 Å². The molecule has 0 radical (unpaired) electrons. The summed E-state index contributed by atoms with van der Waals surface area (Å²) in [6, 6.07) is 4.94. The Balaban J connectivity index is 3.11. The van der Waals surface area contributed by atoms with E-state index in [2.05, 4.69) is 0 Å². The molecule has 1 atom stereocenters. The van der Waals surface area contributed by atoms with E-state index in [9.17, 15) is 4.79 Å². The highest BCUT2D eigenvalue weighted by atomic mass is 16.3. The van der Waals surface area contributed by atoms with Gasteiger partial charge in [0.25, 0.3) is 5.56 Å². The molecule has 0 aliphatic carbocycles. The number of hydrogen-bond acceptors (Lipinski definition) is 3. The molecule has 68 valence electrons. The third-order valence-electron chi connectivity index (χ3n) is 1.87. The number of aryl methyl sites for hydroxylation is 1. The molecule has 0 amide bonds. The molecule has 4 nitrogen and oxygen atoms in total. The number of aromatic nitrogens is 1. The van der Waals surface area contributed by atoms with Gasteiger partial charge >= 0.3 is 0 Å². The third-order valence-corrected chi connectivity index (χ3v) is 1.87. The van der Waals surface area contributed by atoms with Crippen LogP contribution in [0.3, 0.4) is 0 Å². The van der Waals surface area contributed by atoms with Crippen LogP contribution in [-0.4, -0.2) is 16.3 Å². The van der Waals surface area contributed by atoms with Crippen molar-refractivity contribution in [1.29, 1.82) is 5.26 Å². The maximum Gasteiger partial charge on any atom is 0.250 e. The first-order valence-electron chi connectivity index (χ1n) is 3.86. The molecule has 0 aliphatic heterocycles. The highest BCUT2D eigenvalue weighted by Crippen LogP contribution is 2.10. The van der Waals surface area contributed by atoms with Gasteiger partial charge in [-0.2, -0.15) is 5.26 Å². The summed E-state index contributed by atoms with van der Waals surface area (Å²) in [6.45, 7) is -0.260. The van der Waals surface area contributed by atoms with E-state index in [-0.39, 0.29) is 12.2 Å². The lowest BCUT2D eigenvalue weighted by Crippen LogP contribution is -2.16. The summed E-state index contributed by atoms with van der Waals surface area (Å²) in [4.78, 5) is 11.1. The topological polar surface area (TPSA) is 66.0 Å². The van der Waals surface area contributed by atoms with Crippen molar-refractivity contribution < 1.29 is 5.11 Å². The molecule has 1 N–H and O–H groups in total. The maximum absolute atomic E-state index is 11.1. The highest BCUT2D eigenvalue weighted by molar-refractivity contribution is 5.22. The number of nitrogens with zero attached hydrogens (tertiary/aromatic N) is 2. The molecule has 1 unspecified atom stereocenters. The van der Waals surface area contributed by atoms with Crippen molar-refractivity contribution >= 4 is 0 Å². The Morgan fingerprint density at radius 3 is 2.92 bits per heavy atom. The molecule has 13 heavy (non-hydrogen) atoms. The summed E-state index contributed by atoms with van der Waals surface area (Å²) in [5.74, 6) is -0.603. The number of aliphatic hydroxyl groups excluding tert-OH is 1. The lowest BCUT2D eigenvalue weighted by molar-refractivity contribution is 0.285. The van der Waals surface area contributed by atoms with Crippen molar-refractivity contribution in [3.05, 3.63) is 34.2 Å². The second-order valence-corrected chi connectivity index (χ2v) is 2.77. The molecule has 0 saturated heterocycles. The number of rotatable bonds is 2. The Kier molecular flexibility index (Phi) is 2.83. The minimum Gasteiger partial charge on any atom is -0.395 e. The van der Waals surface area contributed by atoms with Gasteiger partial charge in [-0.3, -0.25) is 4.79 Å². The summed E-state index contributed by atoms with van der Waals surface area (Å²) < 4.78 is 1.41. The Hall–Kier alpha value is -1.60. The standard InChI is InChI=1S/C9H10N2O2/c1-11-3-2-7(4-9(11)13)8(5-10)6-12/h2-4,8,12H,6H2,1H3. The summed E-state index contributed by atoms with van der Waals surface area (Å²) in [5.41, 5.74) is 0.388. The van der Waals surface area contributed by atoms with E-state index in [1.807, 2.05) is 6.07 Å². The zero-order valence-electron chi connectivity index (χ0n) is 7.27. The van der Waals surface area contributed by atoms with Crippen molar-refractivity contribution in [2.24, 2.45) is 7.05 Å². The molecule has 1 aromatic heterocycles. The van der Waals surface area contributed by atoms with Crippen LogP contribution >= 0.6 is 0 Å². The number of aliphatic hydroxyl groups is 1. The monoisotopic (exact) mass is 178 g/mol. The van der Waals surface area contributed by atoms with E-state index in [0.717, 1.165) is 0 Å². The fourth-order valence-corrected chi connectivity index (χ4v) is 1.00. The molecule has 0 saturated carbocycles. The quantitative estimate of drug-likeness (QED) is 0.692. The van der Waals surface area contributed by atoms with Crippen LogP contribution in [0.4, 0.5) is 0 Å². The van der Waals surface area contributed by atoms with Crippen LogP contribution < -0.4 is 5.56 Å². The lowest BCUT2D eigenvalue weighted by Gasteiger charge is -2.05. The van der Waals surface area contributed by atoms with E-state index in [1.54, 1.807) is 19.3 Å². The van der Waals surface area contributed by atoms with Gasteiger partial charge < -0.3 is 9.67 Å². The molecule has 0 bridgehead atoms. The minimum absolute atomic E-state index is 0.175. The molecule has 1 heterocycles. The molecular weight excluding hydrogens is 168 g/mol. The predicted octanol–water partition coefficient (Wildman–Crippen LogP) is -0.0152. The first-order valence-corrected chi connectivity index (χ1v) is 3.86. The second-order valence-electron chi connectivity index (χ2n) is 2.77. The van der Waals surface area contributed by atoms with Gasteiger partial charge in [0.1, 0.15) is 0 Å². The van der Waals surface area contributed by atoms with E-state index in [1.165, 1.54) is 10.6 Å². The number of hydrogen-bond donors (Lipinski definition) is 1. The fourth-order valence-electron chi connectivity index (χ4n) is 1.00. The maximum atomic E-state index is 11.1. The minimum atomic E-state index is -0.603. The van der Waals surface area contributed by atoms with E-state index < -0.39 is 5.92 Å². The molecule has 0 aliphatic rings. The number of nitriles is 1. The normalized spacial score (nSPS) is 12.1. The van der Waals surface area contributed by atoms with Crippen molar-refractivity contribution in [2.75, 3.05) is 6.61 Å². The van der Waals surface area contributed by atoms with E-state index >= 15 is 0 Å². The lowest BCUT2D eigenvalue weighted by atomic mass is 10.0. The van der Waals surface area contributed by atoms with Crippen molar-refractivity contribution in [3.8, 4) is 6.07 Å². The first-order chi connectivity index (χ1) is 6.19. The van der Waals surface area contributed by atoms with Crippen LogP contribution in [0.1, 0.15) is 11.5 Å². The van der Waals surface area contributed by atoms with Crippen molar-refractivity contribution in [3.63, 3.8) is 0 Å². The van der Waals surface area contributed by atoms with Crippen LogP contribution in [0.2, 0.25) is 0 Å².